The maximum atomic E-state index is 12.1. The predicted octanol–water partition coefficient (Wildman–Crippen LogP) is 3.98. The summed E-state index contributed by atoms with van der Waals surface area (Å²) in [6.45, 7) is 0. The van der Waals surface area contributed by atoms with E-state index in [4.69, 9.17) is 0 Å². The van der Waals surface area contributed by atoms with Crippen molar-refractivity contribution in [3.05, 3.63) is 84.4 Å². The van der Waals surface area contributed by atoms with Crippen LogP contribution in [0.2, 0.25) is 0 Å². The Morgan fingerprint density at radius 1 is 0.640 bits per heavy atom. The summed E-state index contributed by atoms with van der Waals surface area (Å²) in [6.07, 6.45) is 0. The Bertz CT molecular complexity index is 867. The lowest BCUT2D eigenvalue weighted by molar-refractivity contribution is 0.102. The molecule has 124 valence electrons. The Morgan fingerprint density at radius 2 is 1.24 bits per heavy atom. The number of anilines is 3. The first-order chi connectivity index (χ1) is 12.2. The van der Waals surface area contributed by atoms with Gasteiger partial charge in [-0.2, -0.15) is 0 Å². The Hall–Kier alpha value is -3.67. The van der Waals surface area contributed by atoms with Crippen molar-refractivity contribution in [2.45, 2.75) is 0 Å². The molecule has 1 aromatic heterocycles. The highest BCUT2D eigenvalue weighted by atomic mass is 16.2. The topological polar surface area (TPSA) is 83.1 Å². The lowest BCUT2D eigenvalue weighted by Gasteiger charge is -2.09. The molecule has 0 saturated heterocycles. The number of hydrogen-bond acceptors (Lipinski definition) is 3. The molecule has 0 bridgehead atoms. The van der Waals surface area contributed by atoms with Crippen LogP contribution in [0.25, 0.3) is 0 Å². The monoisotopic (exact) mass is 332 g/mol. The van der Waals surface area contributed by atoms with Crippen LogP contribution >= 0.6 is 0 Å². The maximum absolute atomic E-state index is 12.1. The van der Waals surface area contributed by atoms with Crippen LogP contribution in [0.3, 0.4) is 0 Å². The van der Waals surface area contributed by atoms with E-state index in [0.717, 1.165) is 0 Å². The number of aromatic nitrogens is 1. The van der Waals surface area contributed by atoms with E-state index in [9.17, 15) is 9.59 Å². The van der Waals surface area contributed by atoms with Gasteiger partial charge >= 0.3 is 6.03 Å². The van der Waals surface area contributed by atoms with Crippen LogP contribution in [0.15, 0.2) is 78.9 Å². The first-order valence-corrected chi connectivity index (χ1v) is 7.67. The van der Waals surface area contributed by atoms with Crippen LogP contribution in [0.1, 0.15) is 10.4 Å². The Labute approximate surface area is 144 Å². The molecule has 0 radical (unpaired) electrons. The van der Waals surface area contributed by atoms with Gasteiger partial charge in [-0.1, -0.05) is 42.5 Å². The highest BCUT2D eigenvalue weighted by Crippen LogP contribution is 2.12. The van der Waals surface area contributed by atoms with E-state index >= 15 is 0 Å². The van der Waals surface area contributed by atoms with Gasteiger partial charge in [0.1, 0.15) is 11.6 Å². The number of para-hydroxylation sites is 1. The van der Waals surface area contributed by atoms with Gasteiger partial charge in [-0.05, 0) is 36.4 Å². The number of urea groups is 1. The van der Waals surface area contributed by atoms with Crippen molar-refractivity contribution >= 4 is 29.3 Å². The van der Waals surface area contributed by atoms with Crippen molar-refractivity contribution in [1.29, 1.82) is 0 Å². The van der Waals surface area contributed by atoms with E-state index in [0.29, 0.717) is 22.9 Å². The van der Waals surface area contributed by atoms with Crippen molar-refractivity contribution in [3.63, 3.8) is 0 Å². The quantitative estimate of drug-likeness (QED) is 0.676. The molecule has 3 rings (SSSR count). The summed E-state index contributed by atoms with van der Waals surface area (Å²) in [5.74, 6) is 0.421. The SMILES string of the molecule is O=C(Nc1ccccc1)Nc1cccc(NC(=O)c2ccccc2)n1. The lowest BCUT2D eigenvalue weighted by atomic mass is 10.2. The third-order valence-electron chi connectivity index (χ3n) is 3.30. The summed E-state index contributed by atoms with van der Waals surface area (Å²) in [7, 11) is 0. The summed E-state index contributed by atoms with van der Waals surface area (Å²) in [5.41, 5.74) is 1.21. The molecule has 6 heteroatoms. The van der Waals surface area contributed by atoms with E-state index < -0.39 is 6.03 Å². The predicted molar refractivity (Wildman–Crippen MR) is 97.7 cm³/mol. The number of rotatable bonds is 4. The van der Waals surface area contributed by atoms with Crippen molar-refractivity contribution < 1.29 is 9.59 Å². The molecule has 0 unspecified atom stereocenters. The lowest BCUT2D eigenvalue weighted by Crippen LogP contribution is -2.20. The zero-order chi connectivity index (χ0) is 17.5. The number of hydrogen-bond donors (Lipinski definition) is 3. The number of benzene rings is 2. The van der Waals surface area contributed by atoms with Gasteiger partial charge in [0.15, 0.2) is 0 Å². The van der Waals surface area contributed by atoms with E-state index in [1.165, 1.54) is 0 Å². The van der Waals surface area contributed by atoms with Crippen molar-refractivity contribution in [2.24, 2.45) is 0 Å². The fraction of sp³-hybridized carbons (Fsp3) is 0. The summed E-state index contributed by atoms with van der Waals surface area (Å²) in [4.78, 5) is 28.3. The van der Waals surface area contributed by atoms with Crippen LogP contribution in [0, 0.1) is 0 Å². The number of carbonyl (C=O) groups is 2. The number of pyridine rings is 1. The van der Waals surface area contributed by atoms with Gasteiger partial charge in [0.2, 0.25) is 0 Å². The fourth-order valence-electron chi connectivity index (χ4n) is 2.15. The Kier molecular flexibility index (Phi) is 5.01. The molecule has 3 N–H and O–H groups in total. The van der Waals surface area contributed by atoms with Crippen LogP contribution in [0.4, 0.5) is 22.1 Å². The molecule has 3 aromatic rings. The van der Waals surface area contributed by atoms with Crippen LogP contribution < -0.4 is 16.0 Å². The molecule has 0 aliphatic rings. The molecule has 0 saturated carbocycles. The molecule has 3 amide bonds. The normalized spacial score (nSPS) is 9.92. The van der Waals surface area contributed by atoms with Crippen molar-refractivity contribution in [2.75, 3.05) is 16.0 Å². The molecule has 0 spiro atoms. The number of nitrogens with one attached hydrogen (secondary N) is 3. The minimum atomic E-state index is -0.412. The standard InChI is InChI=1S/C19H16N4O2/c24-18(14-8-3-1-4-9-14)22-16-12-7-13-17(21-16)23-19(25)20-15-10-5-2-6-11-15/h1-13H,(H3,20,21,22,23,24,25). The molecular formula is C19H16N4O2. The summed E-state index contributed by atoms with van der Waals surface area (Å²) < 4.78 is 0. The first kappa shape index (κ1) is 16.2. The number of nitrogens with zero attached hydrogens (tertiary/aromatic N) is 1. The van der Waals surface area contributed by atoms with Gasteiger partial charge in [0, 0.05) is 11.3 Å². The second kappa shape index (κ2) is 7.74. The minimum absolute atomic E-state index is 0.265. The van der Waals surface area contributed by atoms with Crippen LogP contribution in [0.5, 0.6) is 0 Å². The molecule has 0 atom stereocenters. The molecule has 25 heavy (non-hydrogen) atoms. The zero-order valence-electron chi connectivity index (χ0n) is 13.3. The summed E-state index contributed by atoms with van der Waals surface area (Å²) >= 11 is 0. The van der Waals surface area contributed by atoms with E-state index in [1.54, 1.807) is 54.6 Å². The van der Waals surface area contributed by atoms with E-state index in [1.807, 2.05) is 24.3 Å². The zero-order valence-corrected chi connectivity index (χ0v) is 13.3. The molecule has 2 aromatic carbocycles. The van der Waals surface area contributed by atoms with Gasteiger partial charge in [-0.25, -0.2) is 9.78 Å². The van der Waals surface area contributed by atoms with Gasteiger partial charge in [0.25, 0.3) is 5.91 Å². The third-order valence-corrected chi connectivity index (χ3v) is 3.30. The fourth-order valence-corrected chi connectivity index (χ4v) is 2.15. The molecule has 6 nitrogen and oxygen atoms in total. The average molecular weight is 332 g/mol. The second-order valence-electron chi connectivity index (χ2n) is 5.17. The highest BCUT2D eigenvalue weighted by molar-refractivity contribution is 6.04. The van der Waals surface area contributed by atoms with Gasteiger partial charge < -0.3 is 10.6 Å². The Morgan fingerprint density at radius 3 is 1.92 bits per heavy atom. The van der Waals surface area contributed by atoms with E-state index in [-0.39, 0.29) is 5.91 Å². The first-order valence-electron chi connectivity index (χ1n) is 7.67. The molecular weight excluding hydrogens is 316 g/mol. The summed E-state index contributed by atoms with van der Waals surface area (Å²) in [5, 5.41) is 8.03. The van der Waals surface area contributed by atoms with Gasteiger partial charge in [0.05, 0.1) is 0 Å². The maximum Gasteiger partial charge on any atom is 0.324 e. The molecule has 0 fully saturated rings. The van der Waals surface area contributed by atoms with Crippen LogP contribution in [-0.4, -0.2) is 16.9 Å². The Balaban J connectivity index is 1.63. The molecule has 0 aliphatic carbocycles. The van der Waals surface area contributed by atoms with Crippen LogP contribution in [-0.2, 0) is 0 Å². The van der Waals surface area contributed by atoms with Gasteiger partial charge in [-0.15, -0.1) is 0 Å². The molecule has 1 heterocycles. The second-order valence-corrected chi connectivity index (χ2v) is 5.17. The third kappa shape index (κ3) is 4.65. The van der Waals surface area contributed by atoms with Crippen molar-refractivity contribution in [1.82, 2.24) is 4.98 Å². The smallest absolute Gasteiger partial charge is 0.308 e. The number of carbonyl (C=O) groups excluding carboxylic acids is 2. The van der Waals surface area contributed by atoms with Gasteiger partial charge in [-0.3, -0.25) is 10.1 Å². The molecule has 0 aliphatic heterocycles. The van der Waals surface area contributed by atoms with Crippen molar-refractivity contribution in [3.8, 4) is 0 Å². The number of amides is 3. The minimum Gasteiger partial charge on any atom is -0.308 e. The largest absolute Gasteiger partial charge is 0.324 e. The highest BCUT2D eigenvalue weighted by Gasteiger charge is 2.08. The summed E-state index contributed by atoms with van der Waals surface area (Å²) in [6, 6.07) is 22.5. The van der Waals surface area contributed by atoms with E-state index in [2.05, 4.69) is 20.9 Å². The average Bonchev–Trinajstić information content (AvgIpc) is 2.63.